The number of methoxy groups -OCH3 is 2. The van der Waals surface area contributed by atoms with Crippen molar-refractivity contribution >= 4 is 22.4 Å². The third-order valence-electron chi connectivity index (χ3n) is 6.47. The number of unbranched alkanes of at least 4 members (excludes halogenated alkanes) is 1. The highest BCUT2D eigenvalue weighted by Gasteiger charge is 2.36. The van der Waals surface area contributed by atoms with Crippen molar-refractivity contribution < 1.29 is 17.9 Å². The molecule has 6 nitrogen and oxygen atoms in total. The number of sulfonamides is 1. The van der Waals surface area contributed by atoms with Crippen LogP contribution in [0.1, 0.15) is 47.6 Å². The molecule has 0 radical (unpaired) electrons. The van der Waals surface area contributed by atoms with E-state index in [9.17, 15) is 8.42 Å². The van der Waals surface area contributed by atoms with Crippen molar-refractivity contribution in [3.8, 4) is 11.5 Å². The van der Waals surface area contributed by atoms with Gasteiger partial charge in [-0.2, -0.15) is 0 Å². The first kappa shape index (κ1) is 24.8. The highest BCUT2D eigenvalue weighted by atomic mass is 35.5. The molecule has 1 N–H and O–H groups in total. The van der Waals surface area contributed by atoms with Crippen LogP contribution in [0, 0.1) is 6.92 Å². The fraction of sp³-hybridized carbons (Fsp3) is 0.500. The van der Waals surface area contributed by atoms with Crippen LogP contribution in [-0.2, 0) is 22.9 Å². The van der Waals surface area contributed by atoms with Crippen LogP contribution in [0.5, 0.6) is 11.5 Å². The Labute approximate surface area is 197 Å². The summed E-state index contributed by atoms with van der Waals surface area (Å²) in [4.78, 5) is 2.89. The number of hydrogen-bond acceptors (Lipinski definition) is 5. The van der Waals surface area contributed by atoms with Gasteiger partial charge in [0.2, 0.25) is 10.0 Å². The summed E-state index contributed by atoms with van der Waals surface area (Å²) in [5.41, 5.74) is 5.07. The molecule has 2 aliphatic rings. The molecule has 2 aromatic carbocycles. The maximum atomic E-state index is 12.5. The number of benzene rings is 2. The van der Waals surface area contributed by atoms with Gasteiger partial charge in [-0.3, -0.25) is 4.90 Å². The van der Waals surface area contributed by atoms with Crippen LogP contribution in [0.2, 0.25) is 0 Å². The maximum absolute atomic E-state index is 12.5. The molecule has 1 heterocycles. The summed E-state index contributed by atoms with van der Waals surface area (Å²) in [5.74, 6) is 1.72. The summed E-state index contributed by atoms with van der Waals surface area (Å²) in [5, 5.41) is 0. The van der Waals surface area contributed by atoms with Gasteiger partial charge in [0.15, 0.2) is 11.5 Å². The summed E-state index contributed by atoms with van der Waals surface area (Å²) >= 11 is 0. The molecule has 1 unspecified atom stereocenters. The first-order chi connectivity index (χ1) is 14.9. The zero-order valence-corrected chi connectivity index (χ0v) is 20.7. The zero-order chi connectivity index (χ0) is 22.0. The average Bonchev–Trinajstić information content (AvgIpc) is 3.21. The highest BCUT2D eigenvalue weighted by molar-refractivity contribution is 7.89. The number of aryl methyl sites for hydroxylation is 1. The minimum atomic E-state index is -3.44. The van der Waals surface area contributed by atoms with Gasteiger partial charge < -0.3 is 9.47 Å². The van der Waals surface area contributed by atoms with Gasteiger partial charge in [-0.25, -0.2) is 13.1 Å². The molecule has 2 aromatic rings. The van der Waals surface area contributed by atoms with Crippen LogP contribution in [0.4, 0.5) is 0 Å². The Morgan fingerprint density at radius 2 is 1.94 bits per heavy atom. The molecule has 0 amide bonds. The smallest absolute Gasteiger partial charge is 0.240 e. The van der Waals surface area contributed by atoms with Crippen molar-refractivity contribution in [2.24, 2.45) is 0 Å². The van der Waals surface area contributed by atoms with E-state index in [0.717, 1.165) is 62.3 Å². The summed E-state index contributed by atoms with van der Waals surface area (Å²) in [7, 11) is -0.0240. The van der Waals surface area contributed by atoms with Crippen molar-refractivity contribution in [3.05, 3.63) is 52.6 Å². The highest BCUT2D eigenvalue weighted by Crippen LogP contribution is 2.48. The second-order valence-corrected chi connectivity index (χ2v) is 10.2. The number of ether oxygens (including phenoxy) is 2. The third-order valence-corrected chi connectivity index (χ3v) is 7.93. The normalized spacial score (nSPS) is 17.5. The van der Waals surface area contributed by atoms with Gasteiger partial charge in [-0.05, 0) is 80.5 Å². The van der Waals surface area contributed by atoms with E-state index >= 15 is 0 Å². The SMILES string of the molecule is COc1cc2c3c(c1OC)CCC3N(CCCCNS(=O)(=O)c1cccc(C)c1)CC2.Cl. The Morgan fingerprint density at radius 1 is 1.12 bits per heavy atom. The molecule has 0 bridgehead atoms. The van der Waals surface area contributed by atoms with Gasteiger partial charge in [0, 0.05) is 24.7 Å². The topological polar surface area (TPSA) is 67.9 Å². The van der Waals surface area contributed by atoms with Crippen LogP contribution in [0.15, 0.2) is 35.2 Å². The minimum absolute atomic E-state index is 0. The van der Waals surface area contributed by atoms with Gasteiger partial charge in [0.05, 0.1) is 19.1 Å². The number of rotatable bonds is 9. The van der Waals surface area contributed by atoms with Crippen molar-refractivity contribution in [2.45, 2.75) is 50.0 Å². The first-order valence-corrected chi connectivity index (χ1v) is 12.5. The molecule has 0 fully saturated rings. The molecule has 0 saturated heterocycles. The zero-order valence-electron chi connectivity index (χ0n) is 19.0. The van der Waals surface area contributed by atoms with Gasteiger partial charge >= 0.3 is 0 Å². The van der Waals surface area contributed by atoms with E-state index in [1.807, 2.05) is 13.0 Å². The Kier molecular flexibility index (Phi) is 8.09. The fourth-order valence-electron chi connectivity index (χ4n) is 5.00. The molecule has 8 heteroatoms. The molecular formula is C24H33ClN2O4S. The first-order valence-electron chi connectivity index (χ1n) is 11.0. The van der Waals surface area contributed by atoms with E-state index in [1.54, 1.807) is 32.4 Å². The average molecular weight is 481 g/mol. The number of nitrogens with one attached hydrogen (secondary N) is 1. The van der Waals surface area contributed by atoms with Crippen LogP contribution in [-0.4, -0.2) is 47.2 Å². The lowest BCUT2D eigenvalue weighted by molar-refractivity contribution is 0.182. The van der Waals surface area contributed by atoms with Crippen LogP contribution < -0.4 is 14.2 Å². The molecule has 32 heavy (non-hydrogen) atoms. The summed E-state index contributed by atoms with van der Waals surface area (Å²) in [6, 6.07) is 9.60. The maximum Gasteiger partial charge on any atom is 0.240 e. The van der Waals surface area contributed by atoms with Crippen LogP contribution in [0.3, 0.4) is 0 Å². The Bertz CT molecular complexity index is 1060. The van der Waals surface area contributed by atoms with Gasteiger partial charge in [0.25, 0.3) is 0 Å². The summed E-state index contributed by atoms with van der Waals surface area (Å²) in [6.45, 7) is 4.36. The number of halogens is 1. The van der Waals surface area contributed by atoms with E-state index in [-0.39, 0.29) is 12.4 Å². The minimum Gasteiger partial charge on any atom is -0.493 e. The quantitative estimate of drug-likeness (QED) is 0.548. The Balaban J connectivity index is 0.00000289. The van der Waals surface area contributed by atoms with Crippen molar-refractivity contribution in [1.29, 1.82) is 0 Å². The second-order valence-electron chi connectivity index (χ2n) is 8.43. The van der Waals surface area contributed by atoms with Crippen molar-refractivity contribution in [3.63, 3.8) is 0 Å². The van der Waals surface area contributed by atoms with Crippen LogP contribution >= 0.6 is 12.4 Å². The molecular weight excluding hydrogens is 448 g/mol. The number of hydrogen-bond donors (Lipinski definition) is 1. The van der Waals surface area contributed by atoms with Gasteiger partial charge in [0.1, 0.15) is 0 Å². The van der Waals surface area contributed by atoms with E-state index in [0.29, 0.717) is 17.5 Å². The standard InChI is InChI=1S/C24H32N2O4S.ClH/c1-17-7-6-8-19(15-17)31(27,28)25-12-4-5-13-26-14-11-18-16-22(29-2)24(30-3)20-9-10-21(26)23(18)20;/h6-8,15-16,21,25H,4-5,9-14H2,1-3H3;1H. The largest absolute Gasteiger partial charge is 0.493 e. The lowest BCUT2D eigenvalue weighted by Gasteiger charge is -2.35. The van der Waals surface area contributed by atoms with E-state index < -0.39 is 10.0 Å². The Hall–Kier alpha value is -1.80. The number of nitrogens with zero attached hydrogens (tertiary/aromatic N) is 1. The van der Waals surface area contributed by atoms with Crippen molar-refractivity contribution in [2.75, 3.05) is 33.9 Å². The molecule has 1 atom stereocenters. The van der Waals surface area contributed by atoms with E-state index in [1.165, 1.54) is 16.7 Å². The summed E-state index contributed by atoms with van der Waals surface area (Å²) < 4.78 is 38.9. The predicted octanol–water partition coefficient (Wildman–Crippen LogP) is 4.04. The van der Waals surface area contributed by atoms with Gasteiger partial charge in [-0.15, -0.1) is 12.4 Å². The Morgan fingerprint density at radius 3 is 2.66 bits per heavy atom. The predicted molar refractivity (Wildman–Crippen MR) is 129 cm³/mol. The third kappa shape index (κ3) is 4.91. The second kappa shape index (κ2) is 10.4. The molecule has 1 aliphatic carbocycles. The van der Waals surface area contributed by atoms with Gasteiger partial charge in [-0.1, -0.05) is 12.1 Å². The monoisotopic (exact) mass is 480 g/mol. The van der Waals surface area contributed by atoms with Crippen LogP contribution in [0.25, 0.3) is 0 Å². The lowest BCUT2D eigenvalue weighted by atomic mass is 9.92. The molecule has 176 valence electrons. The molecule has 4 rings (SSSR count). The molecule has 1 aliphatic heterocycles. The fourth-order valence-corrected chi connectivity index (χ4v) is 6.18. The lowest BCUT2D eigenvalue weighted by Crippen LogP contribution is -2.35. The molecule has 0 spiro atoms. The molecule has 0 aromatic heterocycles. The van der Waals surface area contributed by atoms with E-state index in [2.05, 4.69) is 15.7 Å². The molecule has 0 saturated carbocycles. The summed E-state index contributed by atoms with van der Waals surface area (Å²) in [6.07, 6.45) is 4.91. The van der Waals surface area contributed by atoms with E-state index in [4.69, 9.17) is 9.47 Å². The van der Waals surface area contributed by atoms with Crippen molar-refractivity contribution in [1.82, 2.24) is 9.62 Å².